The van der Waals surface area contributed by atoms with E-state index >= 15 is 0 Å². The van der Waals surface area contributed by atoms with Gasteiger partial charge in [0.2, 0.25) is 0 Å². The fourth-order valence-electron chi connectivity index (χ4n) is 17.7. The lowest BCUT2D eigenvalue weighted by atomic mass is 10.0. The van der Waals surface area contributed by atoms with Crippen LogP contribution in [0.5, 0.6) is 0 Å². The average molecular weight is 1510 g/mol. The van der Waals surface area contributed by atoms with Gasteiger partial charge >= 0.3 is 0 Å². The summed E-state index contributed by atoms with van der Waals surface area (Å²) in [5.74, 6) is 3.58. The lowest BCUT2D eigenvalue weighted by Crippen LogP contribution is -2.01. The standard InChI is InChI=1S/C108H68N10/c1-5-21-69(22-6-1)72-37-45-77(46-38-72)103-109-104(78-47-39-73(40-48-78)70-23-7-2-8-24-70)112-107(111-103)81-57-63-86(64-58-81)118-94-36-20-16-32-90(94)102-98(118)68-67-96-101(102)88-30-14-18-34-92(88)116(96)84-59-53-76(54-60-84)75-43-51-80(52-44-75)106-110-105(79-49-41-74(42-50-79)71-25-9-3-10-26-71)113-108(114-106)82-55-61-85(62-56-82)117-93-35-19-15-31-89(93)100-97(117)66-65-95-99(100)87-29-13-17-33-91(87)115(95)83-27-11-4-12-28-83/h1-68H. The molecule has 0 radical (unpaired) electrons. The highest BCUT2D eigenvalue weighted by Crippen LogP contribution is 2.46. The minimum atomic E-state index is 0.587. The molecule has 0 unspecified atom stereocenters. The van der Waals surface area contributed by atoms with Crippen LogP contribution in [-0.2, 0) is 0 Å². The van der Waals surface area contributed by atoms with E-state index in [0.29, 0.717) is 34.9 Å². The molecule has 0 fully saturated rings. The van der Waals surface area contributed by atoms with E-state index in [1.807, 2.05) is 18.2 Å². The zero-order valence-corrected chi connectivity index (χ0v) is 63.7. The summed E-state index contributed by atoms with van der Waals surface area (Å²) in [7, 11) is 0. The van der Waals surface area contributed by atoms with Crippen LogP contribution in [0, 0.1) is 0 Å². The molecule has 0 atom stereocenters. The largest absolute Gasteiger partial charge is 0.309 e. The van der Waals surface area contributed by atoms with Crippen LogP contribution in [0.3, 0.4) is 0 Å². The predicted molar refractivity (Wildman–Crippen MR) is 485 cm³/mol. The Balaban J connectivity index is 0.569. The van der Waals surface area contributed by atoms with Crippen LogP contribution in [0.4, 0.5) is 0 Å². The van der Waals surface area contributed by atoms with Crippen molar-refractivity contribution in [1.82, 2.24) is 48.2 Å². The number of para-hydroxylation sites is 5. The summed E-state index contributed by atoms with van der Waals surface area (Å²) < 4.78 is 9.59. The third-order valence-electron chi connectivity index (χ3n) is 23.3. The molecule has 23 rings (SSSR count). The molecule has 0 aliphatic rings. The van der Waals surface area contributed by atoms with Crippen molar-refractivity contribution in [3.8, 4) is 136 Å². The van der Waals surface area contributed by atoms with Crippen molar-refractivity contribution in [2.45, 2.75) is 0 Å². The van der Waals surface area contributed by atoms with Gasteiger partial charge in [0.1, 0.15) is 0 Å². The van der Waals surface area contributed by atoms with E-state index in [4.69, 9.17) is 29.9 Å². The van der Waals surface area contributed by atoms with Crippen molar-refractivity contribution in [2.75, 3.05) is 0 Å². The minimum Gasteiger partial charge on any atom is -0.309 e. The SMILES string of the molecule is c1ccc(-c2ccc(-c3nc(-c4ccc(-c5ccc(-n6c7ccccc7c7c8c9ccccc9n(-c9ccc(-c%10nc(-c%11ccc(-c%12ccccc%12)cc%11)nc(-c%11ccc(-c%12ccccc%12)cc%11)n%10)cc9)c8ccc76)cc5)cc4)nc(-c4ccc(-n5c6ccccc6c6c7c8ccccc8n(-c8ccccc8)c7ccc65)cc4)n3)cc2)cc1. The average Bonchev–Trinajstić information content (AvgIpc) is 1.55. The second kappa shape index (κ2) is 28.0. The maximum absolute atomic E-state index is 5.30. The van der Waals surface area contributed by atoms with E-state index in [9.17, 15) is 0 Å². The van der Waals surface area contributed by atoms with Crippen molar-refractivity contribution >= 4 is 87.2 Å². The first-order valence-corrected chi connectivity index (χ1v) is 39.9. The number of fused-ring (bicyclic) bond motifs is 14. The number of aromatic nitrogens is 10. The van der Waals surface area contributed by atoms with Gasteiger partial charge < -0.3 is 18.3 Å². The zero-order valence-electron chi connectivity index (χ0n) is 63.7. The molecule has 0 amide bonds. The summed E-state index contributed by atoms with van der Waals surface area (Å²) in [4.78, 5) is 31.4. The zero-order chi connectivity index (χ0) is 77.7. The molecule has 0 bridgehead atoms. The van der Waals surface area contributed by atoms with E-state index in [0.717, 1.165) is 134 Å². The molecule has 0 aliphatic heterocycles. The van der Waals surface area contributed by atoms with E-state index in [-0.39, 0.29) is 0 Å². The summed E-state index contributed by atoms with van der Waals surface area (Å²) in [5, 5.41) is 9.65. The Morgan fingerprint density at radius 2 is 0.280 bits per heavy atom. The molecular formula is C108H68N10. The topological polar surface area (TPSA) is 97.1 Å². The smallest absolute Gasteiger partial charge is 0.164 e. The molecule has 0 N–H and O–H groups in total. The minimum absolute atomic E-state index is 0.587. The summed E-state index contributed by atoms with van der Waals surface area (Å²) in [6.45, 7) is 0. The fraction of sp³-hybridized carbons (Fsp3) is 0. The Morgan fingerprint density at radius 3 is 0.508 bits per heavy atom. The molecule has 0 saturated heterocycles. The van der Waals surface area contributed by atoms with Crippen molar-refractivity contribution < 1.29 is 0 Å². The molecule has 118 heavy (non-hydrogen) atoms. The van der Waals surface area contributed by atoms with Gasteiger partial charge in [-0.25, -0.2) is 29.9 Å². The van der Waals surface area contributed by atoms with Gasteiger partial charge in [0.15, 0.2) is 34.9 Å². The van der Waals surface area contributed by atoms with Gasteiger partial charge in [0, 0.05) is 99.2 Å². The second-order valence-corrected chi connectivity index (χ2v) is 30.1. The molecule has 17 aromatic carbocycles. The summed E-state index contributed by atoms with van der Waals surface area (Å²) in [5.41, 5.74) is 27.8. The predicted octanol–water partition coefficient (Wildman–Crippen LogP) is 27.1. The fourth-order valence-corrected chi connectivity index (χ4v) is 17.7. The van der Waals surface area contributed by atoms with Gasteiger partial charge in [-0.3, -0.25) is 0 Å². The van der Waals surface area contributed by atoms with Gasteiger partial charge in [0.05, 0.1) is 44.1 Å². The van der Waals surface area contributed by atoms with Gasteiger partial charge in [0.25, 0.3) is 0 Å². The normalized spacial score (nSPS) is 11.7. The Labute approximate surface area is 679 Å². The van der Waals surface area contributed by atoms with Gasteiger partial charge in [-0.2, -0.15) is 0 Å². The molecule has 23 aromatic rings. The lowest BCUT2D eigenvalue weighted by Gasteiger charge is -2.12. The highest BCUT2D eigenvalue weighted by atomic mass is 15.1. The van der Waals surface area contributed by atoms with E-state index in [1.54, 1.807) is 0 Å². The van der Waals surface area contributed by atoms with Crippen LogP contribution in [0.25, 0.3) is 223 Å². The highest BCUT2D eigenvalue weighted by Gasteiger charge is 2.25. The monoisotopic (exact) mass is 1500 g/mol. The molecule has 6 heterocycles. The first-order chi connectivity index (χ1) is 58.5. The maximum atomic E-state index is 5.30. The van der Waals surface area contributed by atoms with Crippen LogP contribution in [0.2, 0.25) is 0 Å². The Kier molecular flexibility index (Phi) is 16.0. The number of rotatable bonds is 14. The first-order valence-electron chi connectivity index (χ1n) is 39.9. The maximum Gasteiger partial charge on any atom is 0.164 e. The van der Waals surface area contributed by atoms with Gasteiger partial charge in [-0.1, -0.05) is 291 Å². The number of hydrogen-bond donors (Lipinski definition) is 0. The Morgan fingerprint density at radius 1 is 0.119 bits per heavy atom. The van der Waals surface area contributed by atoms with Crippen LogP contribution in [-0.4, -0.2) is 48.2 Å². The lowest BCUT2D eigenvalue weighted by molar-refractivity contribution is 1.07. The van der Waals surface area contributed by atoms with Gasteiger partial charge in [-0.15, -0.1) is 0 Å². The van der Waals surface area contributed by atoms with Gasteiger partial charge in [-0.05, 0) is 166 Å². The second-order valence-electron chi connectivity index (χ2n) is 30.1. The molecule has 0 aliphatic carbocycles. The molecule has 10 nitrogen and oxygen atoms in total. The van der Waals surface area contributed by atoms with Crippen molar-refractivity contribution in [2.24, 2.45) is 0 Å². The third kappa shape index (κ3) is 11.5. The quantitative estimate of drug-likeness (QED) is 0.108. The van der Waals surface area contributed by atoms with Crippen molar-refractivity contribution in [3.63, 3.8) is 0 Å². The van der Waals surface area contributed by atoms with E-state index in [1.165, 1.54) is 54.1 Å². The molecule has 6 aromatic heterocycles. The van der Waals surface area contributed by atoms with Crippen LogP contribution >= 0.6 is 0 Å². The molecule has 550 valence electrons. The third-order valence-corrected chi connectivity index (χ3v) is 23.3. The summed E-state index contributed by atoms with van der Waals surface area (Å²) >= 11 is 0. The summed E-state index contributed by atoms with van der Waals surface area (Å²) in [6, 6.07) is 147. The Hall–Kier alpha value is -16.0. The first kappa shape index (κ1) is 67.6. The number of nitrogens with zero attached hydrogens (tertiary/aromatic N) is 10. The summed E-state index contributed by atoms with van der Waals surface area (Å²) in [6.07, 6.45) is 0. The molecule has 10 heteroatoms. The van der Waals surface area contributed by atoms with E-state index < -0.39 is 0 Å². The van der Waals surface area contributed by atoms with Crippen LogP contribution in [0.15, 0.2) is 413 Å². The molecule has 0 spiro atoms. The Bertz CT molecular complexity index is 7710. The number of hydrogen-bond acceptors (Lipinski definition) is 6. The highest BCUT2D eigenvalue weighted by molar-refractivity contribution is 6.30. The number of benzene rings is 17. The van der Waals surface area contributed by atoms with Crippen molar-refractivity contribution in [1.29, 1.82) is 0 Å². The molecular weight excluding hydrogens is 1440 g/mol. The van der Waals surface area contributed by atoms with Crippen molar-refractivity contribution in [3.05, 3.63) is 413 Å². The molecule has 0 saturated carbocycles. The van der Waals surface area contributed by atoms with E-state index in [2.05, 4.69) is 413 Å². The van der Waals surface area contributed by atoms with Crippen LogP contribution in [0.1, 0.15) is 0 Å². The van der Waals surface area contributed by atoms with Crippen LogP contribution < -0.4 is 0 Å².